The van der Waals surface area contributed by atoms with E-state index in [1.54, 1.807) is 0 Å². The van der Waals surface area contributed by atoms with Gasteiger partial charge in [0.15, 0.2) is 7.28 Å². The lowest BCUT2D eigenvalue weighted by Crippen LogP contribution is -2.55. The van der Waals surface area contributed by atoms with Crippen molar-refractivity contribution in [2.75, 3.05) is 26.2 Å². The summed E-state index contributed by atoms with van der Waals surface area (Å²) in [6, 6.07) is 4.37. The van der Waals surface area contributed by atoms with Crippen molar-refractivity contribution in [2.45, 2.75) is 25.8 Å². The largest absolute Gasteiger partial charge is 0.488 e. The van der Waals surface area contributed by atoms with Gasteiger partial charge in [0.25, 0.3) is 0 Å². The second-order valence-corrected chi connectivity index (χ2v) is 5.59. The summed E-state index contributed by atoms with van der Waals surface area (Å²) in [6.45, 7) is 5.59. The molecule has 0 bridgehead atoms. The number of benzene rings is 1. The van der Waals surface area contributed by atoms with Gasteiger partial charge in [0.1, 0.15) is 11.9 Å². The van der Waals surface area contributed by atoms with Crippen molar-refractivity contribution in [1.29, 1.82) is 0 Å². The highest BCUT2D eigenvalue weighted by atomic mass is 16.5. The minimum absolute atomic E-state index is 0.303. The molecule has 2 aliphatic heterocycles. The van der Waals surface area contributed by atoms with Crippen molar-refractivity contribution in [1.82, 2.24) is 10.4 Å². The molecule has 19 heavy (non-hydrogen) atoms. The maximum absolute atomic E-state index is 8.55. The Labute approximate surface area is 114 Å². The highest BCUT2D eigenvalue weighted by Crippen LogP contribution is 2.24. The number of hydrogen-bond donors (Lipinski definition) is 2. The number of hydroxylamine groups is 1. The van der Waals surface area contributed by atoms with Crippen LogP contribution in [-0.2, 0) is 6.42 Å². The van der Waals surface area contributed by atoms with Crippen molar-refractivity contribution in [3.05, 3.63) is 23.3 Å². The molecule has 5 heteroatoms. The van der Waals surface area contributed by atoms with E-state index < -0.39 is 0 Å². The van der Waals surface area contributed by atoms with Crippen LogP contribution in [0.1, 0.15) is 11.1 Å². The average molecular weight is 260 g/mol. The standard InChI is InChI=1S/C14H21BN2O2/c1-10-13(3-2-11-4-5-15-14(10)11)19-12-8-17(9-12)7-6-16-18/h2-3,12,15-16,18H,4-9H2,1H3. The monoisotopic (exact) mass is 260 g/mol. The molecule has 0 amide bonds. The highest BCUT2D eigenvalue weighted by Gasteiger charge is 2.28. The van der Waals surface area contributed by atoms with E-state index in [1.165, 1.54) is 36.6 Å². The first-order valence-corrected chi connectivity index (χ1v) is 7.15. The molecule has 4 nitrogen and oxygen atoms in total. The first kappa shape index (κ1) is 13.0. The molecule has 1 saturated heterocycles. The van der Waals surface area contributed by atoms with Crippen molar-refractivity contribution in [3.8, 4) is 5.75 Å². The summed E-state index contributed by atoms with van der Waals surface area (Å²) in [5.41, 5.74) is 6.55. The van der Waals surface area contributed by atoms with E-state index >= 15 is 0 Å². The second-order valence-electron chi connectivity index (χ2n) is 5.59. The van der Waals surface area contributed by atoms with Crippen molar-refractivity contribution < 1.29 is 9.94 Å². The lowest BCUT2D eigenvalue weighted by molar-refractivity contribution is 0.0136. The van der Waals surface area contributed by atoms with Gasteiger partial charge in [-0.2, -0.15) is 0 Å². The SMILES string of the molecule is Cc1c(OC2CN(CCNO)C2)ccc2c1BCC2. The molecule has 2 N–H and O–H groups in total. The molecule has 0 aromatic heterocycles. The minimum Gasteiger partial charge on any atom is -0.488 e. The normalized spacial score (nSPS) is 18.8. The molecule has 0 saturated carbocycles. The Bertz CT molecular complexity index is 461. The maximum atomic E-state index is 8.55. The molecule has 0 unspecified atom stereocenters. The number of rotatable bonds is 5. The van der Waals surface area contributed by atoms with Gasteiger partial charge in [-0.1, -0.05) is 23.4 Å². The predicted molar refractivity (Wildman–Crippen MR) is 77.1 cm³/mol. The van der Waals surface area contributed by atoms with Gasteiger partial charge in [-0.15, -0.1) is 0 Å². The van der Waals surface area contributed by atoms with E-state index in [1.807, 2.05) is 0 Å². The third-order valence-corrected chi connectivity index (χ3v) is 4.28. The zero-order chi connectivity index (χ0) is 13.2. The van der Waals surface area contributed by atoms with Crippen LogP contribution in [0.15, 0.2) is 12.1 Å². The quantitative estimate of drug-likeness (QED) is 0.581. The molecular formula is C14H21BN2O2. The van der Waals surface area contributed by atoms with Gasteiger partial charge in [0.05, 0.1) is 0 Å². The number of nitrogens with one attached hydrogen (secondary N) is 1. The Morgan fingerprint density at radius 2 is 2.32 bits per heavy atom. The van der Waals surface area contributed by atoms with E-state index in [0.29, 0.717) is 12.6 Å². The fourth-order valence-corrected chi connectivity index (χ4v) is 3.12. The molecule has 1 fully saturated rings. The first-order chi connectivity index (χ1) is 9.28. The van der Waals surface area contributed by atoms with E-state index in [2.05, 4.69) is 29.4 Å². The molecule has 0 radical (unpaired) electrons. The Kier molecular flexibility index (Phi) is 3.77. The van der Waals surface area contributed by atoms with Gasteiger partial charge < -0.3 is 9.94 Å². The van der Waals surface area contributed by atoms with Crippen LogP contribution in [0.5, 0.6) is 5.75 Å². The summed E-state index contributed by atoms with van der Waals surface area (Å²) in [5, 5.41) is 8.55. The van der Waals surface area contributed by atoms with Gasteiger partial charge in [-0.25, -0.2) is 5.48 Å². The van der Waals surface area contributed by atoms with Crippen LogP contribution in [0.3, 0.4) is 0 Å². The average Bonchev–Trinajstić information content (AvgIpc) is 2.83. The zero-order valence-corrected chi connectivity index (χ0v) is 11.5. The number of ether oxygens (including phenoxy) is 1. The zero-order valence-electron chi connectivity index (χ0n) is 11.5. The smallest absolute Gasteiger partial charge is 0.158 e. The van der Waals surface area contributed by atoms with Gasteiger partial charge in [-0.3, -0.25) is 4.90 Å². The minimum atomic E-state index is 0.303. The number of fused-ring (bicyclic) bond motifs is 1. The fourth-order valence-electron chi connectivity index (χ4n) is 3.12. The molecular weight excluding hydrogens is 239 g/mol. The van der Waals surface area contributed by atoms with E-state index in [4.69, 9.17) is 9.94 Å². The van der Waals surface area contributed by atoms with Crippen LogP contribution < -0.4 is 15.7 Å². The van der Waals surface area contributed by atoms with Crippen LogP contribution in [0.4, 0.5) is 0 Å². The van der Waals surface area contributed by atoms with Gasteiger partial charge in [-0.05, 0) is 25.0 Å². The van der Waals surface area contributed by atoms with E-state index in [9.17, 15) is 0 Å². The Hall–Kier alpha value is -1.04. The lowest BCUT2D eigenvalue weighted by atomic mass is 9.70. The molecule has 0 aliphatic carbocycles. The third kappa shape index (κ3) is 2.64. The van der Waals surface area contributed by atoms with E-state index in [0.717, 1.165) is 25.4 Å². The van der Waals surface area contributed by atoms with Gasteiger partial charge in [0.2, 0.25) is 0 Å². The Balaban J connectivity index is 1.57. The number of likely N-dealkylation sites (tertiary alicyclic amines) is 1. The highest BCUT2D eigenvalue weighted by molar-refractivity contribution is 6.56. The summed E-state index contributed by atoms with van der Waals surface area (Å²) >= 11 is 0. The Morgan fingerprint density at radius 3 is 3.11 bits per heavy atom. The van der Waals surface area contributed by atoms with Crippen molar-refractivity contribution >= 4 is 12.7 Å². The number of aryl methyl sites for hydroxylation is 1. The topological polar surface area (TPSA) is 44.7 Å². The van der Waals surface area contributed by atoms with Crippen LogP contribution >= 0.6 is 0 Å². The molecule has 102 valence electrons. The Morgan fingerprint density at radius 1 is 1.47 bits per heavy atom. The van der Waals surface area contributed by atoms with Crippen LogP contribution in [0.2, 0.25) is 6.32 Å². The molecule has 1 aromatic rings. The van der Waals surface area contributed by atoms with Gasteiger partial charge >= 0.3 is 0 Å². The first-order valence-electron chi connectivity index (χ1n) is 7.15. The van der Waals surface area contributed by atoms with Crippen LogP contribution in [-0.4, -0.2) is 49.7 Å². The summed E-state index contributed by atoms with van der Waals surface area (Å²) in [6.07, 6.45) is 2.81. The predicted octanol–water partition coefficient (Wildman–Crippen LogP) is 0.0730. The molecule has 2 aliphatic rings. The maximum Gasteiger partial charge on any atom is 0.158 e. The molecule has 1 aromatic carbocycles. The third-order valence-electron chi connectivity index (χ3n) is 4.28. The molecule has 0 atom stereocenters. The number of hydrogen-bond acceptors (Lipinski definition) is 4. The molecule has 0 spiro atoms. The summed E-state index contributed by atoms with van der Waals surface area (Å²) in [7, 11) is 1.21. The summed E-state index contributed by atoms with van der Waals surface area (Å²) < 4.78 is 6.09. The van der Waals surface area contributed by atoms with Crippen LogP contribution in [0, 0.1) is 6.92 Å². The summed E-state index contributed by atoms with van der Waals surface area (Å²) in [4.78, 5) is 2.27. The van der Waals surface area contributed by atoms with Crippen LogP contribution in [0.25, 0.3) is 0 Å². The number of nitrogens with zero attached hydrogens (tertiary/aromatic N) is 1. The van der Waals surface area contributed by atoms with Crippen molar-refractivity contribution in [2.24, 2.45) is 0 Å². The van der Waals surface area contributed by atoms with Crippen molar-refractivity contribution in [3.63, 3.8) is 0 Å². The van der Waals surface area contributed by atoms with E-state index in [-0.39, 0.29) is 0 Å². The second kappa shape index (κ2) is 5.53. The molecule has 2 heterocycles. The fraction of sp³-hybridized carbons (Fsp3) is 0.571. The lowest BCUT2D eigenvalue weighted by Gasteiger charge is -2.39. The molecule has 3 rings (SSSR count). The summed E-state index contributed by atoms with van der Waals surface area (Å²) in [5.74, 6) is 1.06. The van der Waals surface area contributed by atoms with Gasteiger partial charge in [0, 0.05) is 26.2 Å².